The molecule has 0 amide bonds. The normalized spacial score (nSPS) is 17.6. The molecule has 4 aromatic rings. The fourth-order valence-corrected chi connectivity index (χ4v) is 4.90. The molecule has 0 saturated heterocycles. The predicted octanol–water partition coefficient (Wildman–Crippen LogP) is 6.61. The number of aromatic nitrogens is 2. The monoisotopic (exact) mass is 530 g/mol. The van der Waals surface area contributed by atoms with Gasteiger partial charge >= 0.3 is 5.97 Å². The molecule has 1 aliphatic rings. The first-order chi connectivity index (χ1) is 18.8. The number of nitrogens with zero attached hydrogens (tertiary/aromatic N) is 2. The molecule has 2 aromatic carbocycles. The molecule has 5 rings (SSSR count). The summed E-state index contributed by atoms with van der Waals surface area (Å²) in [6, 6.07) is 17.8. The number of ether oxygens (including phenoxy) is 4. The highest BCUT2D eigenvalue weighted by Crippen LogP contribution is 2.44. The topological polar surface area (TPSA) is 92.9 Å². The molecule has 2 atom stereocenters. The minimum atomic E-state index is -0.540. The Hall–Kier alpha value is -3.91. The van der Waals surface area contributed by atoms with E-state index in [0.717, 1.165) is 47.1 Å². The first-order valence-corrected chi connectivity index (χ1v) is 13.3. The van der Waals surface area contributed by atoms with E-state index in [-0.39, 0.29) is 24.8 Å². The number of carbonyl (C=O) groups is 1. The molecule has 8 nitrogen and oxygen atoms in total. The second-order valence-electron chi connectivity index (χ2n) is 10.7. The van der Waals surface area contributed by atoms with E-state index in [2.05, 4.69) is 9.97 Å². The van der Waals surface area contributed by atoms with E-state index >= 15 is 0 Å². The van der Waals surface area contributed by atoms with Crippen molar-refractivity contribution in [2.24, 2.45) is 0 Å². The van der Waals surface area contributed by atoms with Crippen LogP contribution in [0.15, 0.2) is 65.3 Å². The predicted molar refractivity (Wildman–Crippen MR) is 148 cm³/mol. The third-order valence-corrected chi connectivity index (χ3v) is 6.58. The molecule has 204 valence electrons. The average molecular weight is 531 g/mol. The molecule has 1 fully saturated rings. The van der Waals surface area contributed by atoms with Crippen molar-refractivity contribution >= 4 is 17.1 Å². The standard InChI is InChI=1S/C31H34N2O6/c1-31(2,3)39-25(34)18-36-23-11-8-12-24(17-23)37-29-27-26(20-13-15-22(35-4)16-14-20)28(21-9-6-5-7-10-21)38-30(27)33-19-32-29/h5-7,9-10,13-16,19,23-24H,8,11-12,17-18H2,1-4H3/t23-,24-/m0/s1. The molecule has 0 unspecified atom stereocenters. The van der Waals surface area contributed by atoms with Crippen molar-refractivity contribution in [3.63, 3.8) is 0 Å². The van der Waals surface area contributed by atoms with E-state index in [1.54, 1.807) is 7.11 Å². The van der Waals surface area contributed by atoms with Crippen molar-refractivity contribution < 1.29 is 28.2 Å². The van der Waals surface area contributed by atoms with Gasteiger partial charge in [-0.05, 0) is 57.7 Å². The van der Waals surface area contributed by atoms with Crippen molar-refractivity contribution in [2.45, 2.75) is 64.3 Å². The van der Waals surface area contributed by atoms with Gasteiger partial charge in [0, 0.05) is 17.5 Å². The Morgan fingerprint density at radius 2 is 1.72 bits per heavy atom. The number of hydrogen-bond donors (Lipinski definition) is 0. The molecule has 8 heteroatoms. The zero-order valence-corrected chi connectivity index (χ0v) is 22.8. The lowest BCUT2D eigenvalue weighted by atomic mass is 9.94. The number of esters is 1. The van der Waals surface area contributed by atoms with E-state index in [4.69, 9.17) is 23.4 Å². The maximum absolute atomic E-state index is 12.1. The molecule has 1 aliphatic carbocycles. The molecule has 0 bridgehead atoms. The van der Waals surface area contributed by atoms with Crippen LogP contribution in [-0.4, -0.2) is 47.5 Å². The fraction of sp³-hybridized carbons (Fsp3) is 0.387. The van der Waals surface area contributed by atoms with Gasteiger partial charge in [0.1, 0.15) is 41.5 Å². The summed E-state index contributed by atoms with van der Waals surface area (Å²) in [6.07, 6.45) is 4.53. The number of hydrogen-bond acceptors (Lipinski definition) is 8. The summed E-state index contributed by atoms with van der Waals surface area (Å²) in [5.74, 6) is 1.57. The summed E-state index contributed by atoms with van der Waals surface area (Å²) in [5, 5.41) is 0.721. The third-order valence-electron chi connectivity index (χ3n) is 6.58. The first-order valence-electron chi connectivity index (χ1n) is 13.3. The Kier molecular flexibility index (Phi) is 7.84. The molecule has 1 saturated carbocycles. The average Bonchev–Trinajstić information content (AvgIpc) is 3.32. The van der Waals surface area contributed by atoms with E-state index in [1.165, 1.54) is 6.33 Å². The van der Waals surface area contributed by atoms with Crippen molar-refractivity contribution in [3.05, 3.63) is 60.9 Å². The number of furan rings is 1. The molecule has 0 spiro atoms. The smallest absolute Gasteiger partial charge is 0.332 e. The highest BCUT2D eigenvalue weighted by Gasteiger charge is 2.29. The Bertz CT molecular complexity index is 1410. The number of benzene rings is 2. The minimum Gasteiger partial charge on any atom is -0.497 e. The van der Waals surface area contributed by atoms with Crippen LogP contribution in [0.3, 0.4) is 0 Å². The summed E-state index contributed by atoms with van der Waals surface area (Å²) >= 11 is 0. The molecule has 39 heavy (non-hydrogen) atoms. The van der Waals surface area contributed by atoms with Crippen LogP contribution in [-0.2, 0) is 14.3 Å². The lowest BCUT2D eigenvalue weighted by molar-refractivity contribution is -0.163. The Morgan fingerprint density at radius 3 is 2.44 bits per heavy atom. The summed E-state index contributed by atoms with van der Waals surface area (Å²) in [4.78, 5) is 21.1. The zero-order chi connectivity index (χ0) is 27.4. The summed E-state index contributed by atoms with van der Waals surface area (Å²) in [7, 11) is 1.64. The summed E-state index contributed by atoms with van der Waals surface area (Å²) < 4.78 is 29.5. The number of fused-ring (bicyclic) bond motifs is 1. The number of rotatable bonds is 8. The second kappa shape index (κ2) is 11.5. The molecular weight excluding hydrogens is 496 g/mol. The van der Waals surface area contributed by atoms with Crippen molar-refractivity contribution in [1.29, 1.82) is 0 Å². The van der Waals surface area contributed by atoms with E-state index < -0.39 is 5.60 Å². The molecule has 2 aromatic heterocycles. The Morgan fingerprint density at radius 1 is 0.974 bits per heavy atom. The maximum Gasteiger partial charge on any atom is 0.332 e. The summed E-state index contributed by atoms with van der Waals surface area (Å²) in [6.45, 7) is 5.46. The minimum absolute atomic E-state index is 0.0732. The molecular formula is C31H34N2O6. The van der Waals surface area contributed by atoms with Crippen LogP contribution in [0.25, 0.3) is 33.6 Å². The van der Waals surface area contributed by atoms with Gasteiger partial charge in [-0.15, -0.1) is 0 Å². The lowest BCUT2D eigenvalue weighted by Crippen LogP contribution is -2.33. The number of carbonyl (C=O) groups excluding carboxylic acids is 1. The van der Waals surface area contributed by atoms with Gasteiger partial charge in [-0.3, -0.25) is 0 Å². The van der Waals surface area contributed by atoms with Crippen LogP contribution in [0.2, 0.25) is 0 Å². The quantitative estimate of drug-likeness (QED) is 0.235. The van der Waals surface area contributed by atoms with E-state index in [0.29, 0.717) is 23.8 Å². The van der Waals surface area contributed by atoms with Gasteiger partial charge < -0.3 is 23.4 Å². The molecule has 0 aliphatic heterocycles. The fourth-order valence-electron chi connectivity index (χ4n) is 4.90. The van der Waals surface area contributed by atoms with Gasteiger partial charge in [-0.25, -0.2) is 14.8 Å². The number of methoxy groups -OCH3 is 1. The summed E-state index contributed by atoms with van der Waals surface area (Å²) in [5.41, 5.74) is 2.65. The SMILES string of the molecule is COc1ccc(-c2c(-c3ccccc3)oc3ncnc(O[C@H]4CCC[C@H](OCC(=O)OC(C)(C)C)C4)c23)cc1. The Balaban J connectivity index is 1.43. The lowest BCUT2D eigenvalue weighted by Gasteiger charge is -2.29. The van der Waals surface area contributed by atoms with Gasteiger partial charge in [0.25, 0.3) is 0 Å². The van der Waals surface area contributed by atoms with Crippen molar-refractivity contribution in [3.8, 4) is 34.1 Å². The zero-order valence-electron chi connectivity index (χ0n) is 22.8. The molecule has 0 radical (unpaired) electrons. The van der Waals surface area contributed by atoms with E-state index in [1.807, 2.05) is 75.4 Å². The van der Waals surface area contributed by atoms with Crippen LogP contribution in [0.4, 0.5) is 0 Å². The first kappa shape index (κ1) is 26.7. The maximum atomic E-state index is 12.1. The van der Waals surface area contributed by atoms with Gasteiger partial charge in [0.15, 0.2) is 0 Å². The third kappa shape index (κ3) is 6.40. The largest absolute Gasteiger partial charge is 0.497 e. The highest BCUT2D eigenvalue weighted by atomic mass is 16.6. The van der Waals surface area contributed by atoms with Crippen LogP contribution in [0.5, 0.6) is 11.6 Å². The van der Waals surface area contributed by atoms with E-state index in [9.17, 15) is 4.79 Å². The highest BCUT2D eigenvalue weighted by molar-refractivity contribution is 6.03. The van der Waals surface area contributed by atoms with Gasteiger partial charge in [-0.1, -0.05) is 42.5 Å². The van der Waals surface area contributed by atoms with Gasteiger partial charge in [0.05, 0.1) is 13.2 Å². The molecule has 2 heterocycles. The van der Waals surface area contributed by atoms with Crippen LogP contribution < -0.4 is 9.47 Å². The van der Waals surface area contributed by atoms with Crippen molar-refractivity contribution in [2.75, 3.05) is 13.7 Å². The Labute approximate surface area is 228 Å². The van der Waals surface area contributed by atoms with Gasteiger partial charge in [-0.2, -0.15) is 0 Å². The van der Waals surface area contributed by atoms with Gasteiger partial charge in [0.2, 0.25) is 11.6 Å². The second-order valence-corrected chi connectivity index (χ2v) is 10.7. The molecule has 0 N–H and O–H groups in total. The van der Waals surface area contributed by atoms with Crippen LogP contribution >= 0.6 is 0 Å². The van der Waals surface area contributed by atoms with Crippen LogP contribution in [0, 0.1) is 0 Å². The van der Waals surface area contributed by atoms with Crippen molar-refractivity contribution in [1.82, 2.24) is 9.97 Å². The van der Waals surface area contributed by atoms with Crippen LogP contribution in [0.1, 0.15) is 46.5 Å².